The van der Waals surface area contributed by atoms with E-state index >= 15 is 0 Å². The van der Waals surface area contributed by atoms with Gasteiger partial charge >= 0.3 is 0 Å². The summed E-state index contributed by atoms with van der Waals surface area (Å²) in [6, 6.07) is 15.5. The van der Waals surface area contributed by atoms with E-state index in [1.165, 1.54) is 48.6 Å². The van der Waals surface area contributed by atoms with E-state index in [-0.39, 0.29) is 29.1 Å². The molecule has 3 aromatic carbocycles. The fourth-order valence-electron chi connectivity index (χ4n) is 3.53. The van der Waals surface area contributed by atoms with Gasteiger partial charge in [0.25, 0.3) is 0 Å². The zero-order valence-electron chi connectivity index (χ0n) is 17.2. The molecule has 0 aromatic heterocycles. The lowest BCUT2D eigenvalue weighted by molar-refractivity contribution is -0.113. The highest BCUT2D eigenvalue weighted by Crippen LogP contribution is 2.27. The molecule has 1 fully saturated rings. The molecule has 0 amide bonds. The molecule has 4 nitrogen and oxygen atoms in total. The van der Waals surface area contributed by atoms with Crippen LogP contribution in [0.15, 0.2) is 88.8 Å². The van der Waals surface area contributed by atoms with Crippen LogP contribution in [0.4, 0.5) is 13.2 Å². The minimum Gasteiger partial charge on any atom is -0.289 e. The van der Waals surface area contributed by atoms with Gasteiger partial charge < -0.3 is 0 Å². The number of Topliss-reactive ketones (excluding diaryl/α,β-unsaturated/α-hetero) is 1. The van der Waals surface area contributed by atoms with E-state index in [0.717, 1.165) is 28.6 Å². The average molecular weight is 469 g/mol. The molecular formula is C25H18F3NO3S. The SMILES string of the molecule is O=C1/C(=C/c2cccc(F)c2)CN(S(=O)(=O)c2ccc(F)cc2)C/C1=C\c1cccc(F)c1. The lowest BCUT2D eigenvalue weighted by Crippen LogP contribution is -2.41. The normalized spacial score (nSPS) is 17.6. The minimum absolute atomic E-state index is 0.125. The van der Waals surface area contributed by atoms with Gasteiger partial charge in [0, 0.05) is 24.2 Å². The highest BCUT2D eigenvalue weighted by Gasteiger charge is 2.34. The van der Waals surface area contributed by atoms with Crippen LogP contribution in [0.25, 0.3) is 12.2 Å². The van der Waals surface area contributed by atoms with Crippen LogP contribution in [-0.2, 0) is 14.8 Å². The molecule has 0 radical (unpaired) electrons. The first kappa shape index (κ1) is 22.7. The predicted molar refractivity (Wildman–Crippen MR) is 119 cm³/mol. The van der Waals surface area contributed by atoms with Gasteiger partial charge in [0.2, 0.25) is 10.0 Å². The second-order valence-electron chi connectivity index (χ2n) is 7.51. The van der Waals surface area contributed by atoms with Crippen molar-refractivity contribution in [1.82, 2.24) is 4.31 Å². The van der Waals surface area contributed by atoms with E-state index in [4.69, 9.17) is 0 Å². The molecule has 0 atom stereocenters. The monoisotopic (exact) mass is 469 g/mol. The summed E-state index contributed by atoms with van der Waals surface area (Å²) in [6.45, 7) is -0.509. The average Bonchev–Trinajstić information content (AvgIpc) is 2.77. The van der Waals surface area contributed by atoms with Crippen LogP contribution in [0.1, 0.15) is 11.1 Å². The van der Waals surface area contributed by atoms with Crippen LogP contribution >= 0.6 is 0 Å². The third kappa shape index (κ3) is 5.13. The van der Waals surface area contributed by atoms with Gasteiger partial charge in [-0.3, -0.25) is 4.79 Å². The van der Waals surface area contributed by atoms with E-state index < -0.39 is 33.3 Å². The molecule has 1 saturated heterocycles. The van der Waals surface area contributed by atoms with Crippen molar-refractivity contribution in [2.45, 2.75) is 4.90 Å². The van der Waals surface area contributed by atoms with E-state index in [0.29, 0.717) is 11.1 Å². The molecule has 0 N–H and O–H groups in total. The van der Waals surface area contributed by atoms with E-state index in [9.17, 15) is 26.4 Å². The highest BCUT2D eigenvalue weighted by molar-refractivity contribution is 7.89. The van der Waals surface area contributed by atoms with Crippen molar-refractivity contribution in [1.29, 1.82) is 0 Å². The molecule has 0 spiro atoms. The van der Waals surface area contributed by atoms with Crippen LogP contribution in [0.5, 0.6) is 0 Å². The third-order valence-electron chi connectivity index (χ3n) is 5.11. The van der Waals surface area contributed by atoms with Gasteiger partial charge in [-0.25, -0.2) is 21.6 Å². The standard InChI is InChI=1S/C25H18F3NO3S/c26-21-7-9-24(10-8-21)33(31,32)29-15-19(11-17-3-1-5-22(27)13-17)25(30)20(16-29)12-18-4-2-6-23(28)14-18/h1-14H,15-16H2/b19-11+,20-12+. The third-order valence-corrected chi connectivity index (χ3v) is 6.91. The molecule has 0 saturated carbocycles. The molecule has 1 heterocycles. The molecule has 1 aliphatic rings. The lowest BCUT2D eigenvalue weighted by Gasteiger charge is -2.29. The maximum absolute atomic E-state index is 13.6. The largest absolute Gasteiger partial charge is 0.289 e. The fraction of sp³-hybridized carbons (Fsp3) is 0.0800. The molecule has 0 bridgehead atoms. The maximum Gasteiger partial charge on any atom is 0.243 e. The number of hydrogen-bond donors (Lipinski definition) is 0. The Morgan fingerprint density at radius 3 is 1.64 bits per heavy atom. The number of hydrogen-bond acceptors (Lipinski definition) is 3. The Balaban J connectivity index is 1.79. The Morgan fingerprint density at radius 2 is 1.18 bits per heavy atom. The summed E-state index contributed by atoms with van der Waals surface area (Å²) in [7, 11) is -4.08. The summed E-state index contributed by atoms with van der Waals surface area (Å²) >= 11 is 0. The van der Waals surface area contributed by atoms with Gasteiger partial charge in [-0.1, -0.05) is 24.3 Å². The number of piperidine rings is 1. The summed E-state index contributed by atoms with van der Waals surface area (Å²) in [5.41, 5.74) is 1.04. The van der Waals surface area contributed by atoms with Crippen molar-refractivity contribution >= 4 is 28.0 Å². The molecule has 1 aliphatic heterocycles. The first-order valence-corrected chi connectivity index (χ1v) is 11.4. The Kier molecular flexibility index (Phi) is 6.31. The molecule has 8 heteroatoms. The van der Waals surface area contributed by atoms with Gasteiger partial charge in [-0.05, 0) is 71.8 Å². The lowest BCUT2D eigenvalue weighted by atomic mass is 9.95. The van der Waals surface area contributed by atoms with Crippen molar-refractivity contribution in [3.63, 3.8) is 0 Å². The fourth-order valence-corrected chi connectivity index (χ4v) is 4.93. The number of halogens is 3. The molecular weight excluding hydrogens is 451 g/mol. The molecule has 33 heavy (non-hydrogen) atoms. The van der Waals surface area contributed by atoms with Crippen molar-refractivity contribution in [3.05, 3.63) is 113 Å². The Labute approximate surface area is 189 Å². The number of benzene rings is 3. The maximum atomic E-state index is 13.6. The smallest absolute Gasteiger partial charge is 0.243 e. The van der Waals surface area contributed by atoms with Crippen LogP contribution in [0, 0.1) is 17.5 Å². The zero-order valence-corrected chi connectivity index (χ0v) is 18.0. The molecule has 3 aromatic rings. The summed E-state index contributed by atoms with van der Waals surface area (Å²) in [4.78, 5) is 13.0. The number of carbonyl (C=O) groups is 1. The van der Waals surface area contributed by atoms with E-state index in [1.807, 2.05) is 0 Å². The summed E-state index contributed by atoms with van der Waals surface area (Å²) < 4.78 is 68.1. The first-order valence-electron chi connectivity index (χ1n) is 9.95. The summed E-state index contributed by atoms with van der Waals surface area (Å²) in [5.74, 6) is -2.01. The molecule has 0 unspecified atom stereocenters. The molecule has 0 aliphatic carbocycles. The first-order chi connectivity index (χ1) is 15.7. The number of nitrogens with zero attached hydrogens (tertiary/aromatic N) is 1. The number of carbonyl (C=O) groups excluding carboxylic acids is 1. The van der Waals surface area contributed by atoms with Gasteiger partial charge in [-0.15, -0.1) is 0 Å². The highest BCUT2D eigenvalue weighted by atomic mass is 32.2. The number of rotatable bonds is 4. The number of sulfonamides is 1. The topological polar surface area (TPSA) is 54.5 Å². The second kappa shape index (κ2) is 9.17. The van der Waals surface area contributed by atoms with Crippen LogP contribution in [0.3, 0.4) is 0 Å². The Bertz CT molecular complexity index is 1310. The van der Waals surface area contributed by atoms with Crippen molar-refractivity contribution in [3.8, 4) is 0 Å². The van der Waals surface area contributed by atoms with Gasteiger partial charge in [0.1, 0.15) is 17.5 Å². The van der Waals surface area contributed by atoms with Crippen molar-refractivity contribution in [2.24, 2.45) is 0 Å². The number of ketones is 1. The molecule has 168 valence electrons. The predicted octanol–water partition coefficient (Wildman–Crippen LogP) is 4.84. The van der Waals surface area contributed by atoms with E-state index in [2.05, 4.69) is 0 Å². The van der Waals surface area contributed by atoms with Crippen LogP contribution in [0.2, 0.25) is 0 Å². The second-order valence-corrected chi connectivity index (χ2v) is 9.44. The summed E-state index contributed by atoms with van der Waals surface area (Å²) in [5, 5.41) is 0. The van der Waals surface area contributed by atoms with Crippen molar-refractivity contribution in [2.75, 3.05) is 13.1 Å². The van der Waals surface area contributed by atoms with Gasteiger partial charge in [-0.2, -0.15) is 4.31 Å². The van der Waals surface area contributed by atoms with Gasteiger partial charge in [0.15, 0.2) is 5.78 Å². The minimum atomic E-state index is -4.08. The van der Waals surface area contributed by atoms with Gasteiger partial charge in [0.05, 0.1) is 4.90 Å². The summed E-state index contributed by atoms with van der Waals surface area (Å²) in [6.07, 6.45) is 2.86. The quantitative estimate of drug-likeness (QED) is 0.514. The molecule has 4 rings (SSSR count). The Hall–Kier alpha value is -3.49. The van der Waals surface area contributed by atoms with Crippen LogP contribution in [-0.4, -0.2) is 31.6 Å². The van der Waals surface area contributed by atoms with Crippen molar-refractivity contribution < 1.29 is 26.4 Å². The Morgan fingerprint density at radius 1 is 0.697 bits per heavy atom. The van der Waals surface area contributed by atoms with E-state index in [1.54, 1.807) is 12.1 Å². The zero-order chi connectivity index (χ0) is 23.6. The van der Waals surface area contributed by atoms with Crippen LogP contribution < -0.4 is 0 Å².